The number of aromatic hydroxyl groups is 1. The fourth-order valence-electron chi connectivity index (χ4n) is 1.55. The SMILES string of the molecule is N#CC(C#N)=NNc1cccc2ccc(O)cc12. The van der Waals surface area contributed by atoms with Crippen LogP contribution in [-0.2, 0) is 0 Å². The van der Waals surface area contributed by atoms with E-state index in [0.29, 0.717) is 5.69 Å². The molecule has 0 fully saturated rings. The fraction of sp³-hybridized carbons (Fsp3) is 0. The van der Waals surface area contributed by atoms with Crippen molar-refractivity contribution in [3.8, 4) is 17.9 Å². The summed E-state index contributed by atoms with van der Waals surface area (Å²) in [5.41, 5.74) is 3.01. The highest BCUT2D eigenvalue weighted by atomic mass is 16.3. The van der Waals surface area contributed by atoms with E-state index in [1.807, 2.05) is 12.1 Å². The lowest BCUT2D eigenvalue weighted by Gasteiger charge is -2.05. The third kappa shape index (κ3) is 2.21. The molecule has 0 aliphatic heterocycles. The van der Waals surface area contributed by atoms with Crippen LogP contribution in [0, 0.1) is 22.7 Å². The van der Waals surface area contributed by atoms with Gasteiger partial charge in [0.2, 0.25) is 5.71 Å². The van der Waals surface area contributed by atoms with E-state index in [2.05, 4.69) is 10.5 Å². The Morgan fingerprint density at radius 1 is 1.17 bits per heavy atom. The molecule has 0 amide bonds. The van der Waals surface area contributed by atoms with Crippen molar-refractivity contribution in [3.63, 3.8) is 0 Å². The molecule has 2 N–H and O–H groups in total. The third-order valence-corrected chi connectivity index (χ3v) is 2.37. The van der Waals surface area contributed by atoms with Crippen LogP contribution in [0.15, 0.2) is 41.5 Å². The zero-order valence-electron chi connectivity index (χ0n) is 9.25. The second kappa shape index (κ2) is 4.86. The predicted molar refractivity (Wildman–Crippen MR) is 67.9 cm³/mol. The highest BCUT2D eigenvalue weighted by Gasteiger charge is 2.01. The number of hydrogen-bond donors (Lipinski definition) is 2. The maximum atomic E-state index is 9.46. The summed E-state index contributed by atoms with van der Waals surface area (Å²) in [5, 5.41) is 32.0. The molecular weight excluding hydrogens is 228 g/mol. The Labute approximate surface area is 103 Å². The number of phenols is 1. The number of nitrogens with zero attached hydrogens (tertiary/aromatic N) is 3. The Bertz CT molecular complexity index is 691. The lowest BCUT2D eigenvalue weighted by atomic mass is 10.1. The van der Waals surface area contributed by atoms with Crippen LogP contribution in [0.1, 0.15) is 0 Å². The molecule has 2 aromatic rings. The van der Waals surface area contributed by atoms with E-state index < -0.39 is 0 Å². The summed E-state index contributed by atoms with van der Waals surface area (Å²) < 4.78 is 0. The predicted octanol–water partition coefficient (Wildman–Crippen LogP) is 2.36. The minimum atomic E-state index is -0.257. The van der Waals surface area contributed by atoms with Crippen molar-refractivity contribution >= 4 is 22.2 Å². The average Bonchev–Trinajstić information content (AvgIpc) is 2.40. The first kappa shape index (κ1) is 11.4. The summed E-state index contributed by atoms with van der Waals surface area (Å²) in [5.74, 6) is 0.140. The second-order valence-electron chi connectivity index (χ2n) is 3.51. The van der Waals surface area contributed by atoms with Gasteiger partial charge in [0.15, 0.2) is 0 Å². The molecule has 0 aromatic heterocycles. The summed E-state index contributed by atoms with van der Waals surface area (Å²) in [7, 11) is 0. The summed E-state index contributed by atoms with van der Waals surface area (Å²) in [6, 6.07) is 13.7. The number of hydrazone groups is 1. The molecule has 86 valence electrons. The van der Waals surface area contributed by atoms with Gasteiger partial charge in [-0.2, -0.15) is 15.6 Å². The normalized spacial score (nSPS) is 9.22. The maximum absolute atomic E-state index is 9.46. The van der Waals surface area contributed by atoms with Crippen molar-refractivity contribution in [2.45, 2.75) is 0 Å². The van der Waals surface area contributed by atoms with Crippen LogP contribution in [0.5, 0.6) is 5.75 Å². The summed E-state index contributed by atoms with van der Waals surface area (Å²) >= 11 is 0. The monoisotopic (exact) mass is 236 g/mol. The van der Waals surface area contributed by atoms with E-state index in [1.54, 1.807) is 36.4 Å². The molecule has 0 heterocycles. The van der Waals surface area contributed by atoms with Gasteiger partial charge in [-0.05, 0) is 23.6 Å². The van der Waals surface area contributed by atoms with E-state index in [-0.39, 0.29) is 11.5 Å². The molecular formula is C13H8N4O. The van der Waals surface area contributed by atoms with E-state index >= 15 is 0 Å². The van der Waals surface area contributed by atoms with Gasteiger partial charge < -0.3 is 5.11 Å². The molecule has 0 saturated heterocycles. The quantitative estimate of drug-likeness (QED) is 0.618. The molecule has 0 bridgehead atoms. The van der Waals surface area contributed by atoms with E-state index in [0.717, 1.165) is 10.8 Å². The van der Waals surface area contributed by atoms with Gasteiger partial charge in [0.1, 0.15) is 17.9 Å². The number of anilines is 1. The number of fused-ring (bicyclic) bond motifs is 1. The second-order valence-corrected chi connectivity index (χ2v) is 3.51. The van der Waals surface area contributed by atoms with Gasteiger partial charge >= 0.3 is 0 Å². The fourth-order valence-corrected chi connectivity index (χ4v) is 1.55. The lowest BCUT2D eigenvalue weighted by molar-refractivity contribution is 0.476. The summed E-state index contributed by atoms with van der Waals surface area (Å²) in [6.45, 7) is 0. The molecule has 0 saturated carbocycles. The Morgan fingerprint density at radius 2 is 1.94 bits per heavy atom. The standard InChI is InChI=1S/C13H8N4O/c14-7-10(8-15)16-17-13-3-1-2-9-4-5-11(18)6-12(9)13/h1-6,17-18H. The first-order chi connectivity index (χ1) is 8.74. The van der Waals surface area contributed by atoms with Gasteiger partial charge in [-0.25, -0.2) is 0 Å². The number of nitriles is 2. The number of hydrogen-bond acceptors (Lipinski definition) is 5. The van der Waals surface area contributed by atoms with Crippen LogP contribution in [0.3, 0.4) is 0 Å². The van der Waals surface area contributed by atoms with Crippen molar-refractivity contribution in [2.75, 3.05) is 5.43 Å². The Hall–Kier alpha value is -3.05. The number of nitrogens with one attached hydrogen (secondary N) is 1. The number of benzene rings is 2. The molecule has 2 aromatic carbocycles. The van der Waals surface area contributed by atoms with Crippen LogP contribution in [-0.4, -0.2) is 10.8 Å². The smallest absolute Gasteiger partial charge is 0.237 e. The molecule has 0 spiro atoms. The van der Waals surface area contributed by atoms with Crippen LogP contribution < -0.4 is 5.43 Å². The van der Waals surface area contributed by atoms with Crippen LogP contribution in [0.25, 0.3) is 10.8 Å². The molecule has 5 nitrogen and oxygen atoms in total. The van der Waals surface area contributed by atoms with Gasteiger partial charge in [0.05, 0.1) is 5.69 Å². The van der Waals surface area contributed by atoms with Crippen molar-refractivity contribution in [3.05, 3.63) is 36.4 Å². The molecule has 0 aliphatic carbocycles. The Balaban J connectivity index is 2.46. The largest absolute Gasteiger partial charge is 0.508 e. The number of rotatable bonds is 2. The van der Waals surface area contributed by atoms with Crippen LogP contribution in [0.4, 0.5) is 5.69 Å². The van der Waals surface area contributed by atoms with Gasteiger partial charge in [-0.1, -0.05) is 18.2 Å². The first-order valence-electron chi connectivity index (χ1n) is 5.10. The highest BCUT2D eigenvalue weighted by Crippen LogP contribution is 2.26. The molecule has 2 rings (SSSR count). The highest BCUT2D eigenvalue weighted by molar-refractivity contribution is 6.10. The third-order valence-electron chi connectivity index (χ3n) is 2.37. The van der Waals surface area contributed by atoms with Crippen molar-refractivity contribution in [1.29, 1.82) is 10.5 Å². The molecule has 18 heavy (non-hydrogen) atoms. The topological polar surface area (TPSA) is 92.2 Å². The van der Waals surface area contributed by atoms with Gasteiger partial charge in [-0.3, -0.25) is 5.43 Å². The zero-order valence-corrected chi connectivity index (χ0v) is 9.25. The Kier molecular flexibility index (Phi) is 3.08. The zero-order chi connectivity index (χ0) is 13.0. The van der Waals surface area contributed by atoms with E-state index in [9.17, 15) is 5.11 Å². The van der Waals surface area contributed by atoms with Gasteiger partial charge in [0, 0.05) is 5.39 Å². The van der Waals surface area contributed by atoms with Gasteiger partial charge in [0.25, 0.3) is 0 Å². The molecule has 5 heteroatoms. The molecule has 0 atom stereocenters. The minimum absolute atomic E-state index is 0.140. The number of phenolic OH excluding ortho intramolecular Hbond substituents is 1. The van der Waals surface area contributed by atoms with E-state index in [1.165, 1.54) is 0 Å². The molecule has 0 aliphatic rings. The van der Waals surface area contributed by atoms with Gasteiger partial charge in [-0.15, -0.1) is 0 Å². The lowest BCUT2D eigenvalue weighted by Crippen LogP contribution is -1.96. The minimum Gasteiger partial charge on any atom is -0.508 e. The first-order valence-corrected chi connectivity index (χ1v) is 5.10. The van der Waals surface area contributed by atoms with Crippen molar-refractivity contribution in [2.24, 2.45) is 5.10 Å². The summed E-state index contributed by atoms with van der Waals surface area (Å²) in [4.78, 5) is 0. The van der Waals surface area contributed by atoms with Crippen LogP contribution >= 0.6 is 0 Å². The van der Waals surface area contributed by atoms with Crippen molar-refractivity contribution < 1.29 is 5.11 Å². The van der Waals surface area contributed by atoms with Crippen molar-refractivity contribution in [1.82, 2.24) is 0 Å². The van der Waals surface area contributed by atoms with Crippen LogP contribution in [0.2, 0.25) is 0 Å². The Morgan fingerprint density at radius 3 is 2.67 bits per heavy atom. The summed E-state index contributed by atoms with van der Waals surface area (Å²) in [6.07, 6.45) is 0. The molecule has 0 radical (unpaired) electrons. The average molecular weight is 236 g/mol. The maximum Gasteiger partial charge on any atom is 0.237 e. The molecule has 0 unspecified atom stereocenters. The van der Waals surface area contributed by atoms with E-state index in [4.69, 9.17) is 10.5 Å².